The van der Waals surface area contributed by atoms with Crippen molar-refractivity contribution in [2.24, 2.45) is 5.41 Å². The summed E-state index contributed by atoms with van der Waals surface area (Å²) in [5.74, 6) is 1.01. The Morgan fingerprint density at radius 1 is 1.15 bits per heavy atom. The summed E-state index contributed by atoms with van der Waals surface area (Å²) in [7, 11) is 0. The Hall–Kier alpha value is -1.35. The standard InChI is InChI=1S/C17H25NO2/c1-17(2,3)16(19)14-6-8-15(9-7-14)20-13-12-18-10-4-5-11-18/h6-9H,4-5,10-13H2,1-3H3. The van der Waals surface area contributed by atoms with E-state index >= 15 is 0 Å². The molecule has 1 saturated heterocycles. The number of Topliss-reactive ketones (excluding diaryl/α,β-unsaturated/α-hetero) is 1. The highest BCUT2D eigenvalue weighted by molar-refractivity contribution is 5.99. The molecule has 0 saturated carbocycles. The van der Waals surface area contributed by atoms with Gasteiger partial charge in [0.15, 0.2) is 5.78 Å². The Kier molecular flexibility index (Phi) is 4.81. The van der Waals surface area contributed by atoms with Crippen molar-refractivity contribution in [3.05, 3.63) is 29.8 Å². The summed E-state index contributed by atoms with van der Waals surface area (Å²) in [6.07, 6.45) is 2.62. The van der Waals surface area contributed by atoms with Gasteiger partial charge >= 0.3 is 0 Å². The number of likely N-dealkylation sites (tertiary alicyclic amines) is 1. The lowest BCUT2D eigenvalue weighted by atomic mass is 9.86. The first-order chi connectivity index (χ1) is 9.47. The number of benzene rings is 1. The van der Waals surface area contributed by atoms with Crippen molar-refractivity contribution in [1.82, 2.24) is 4.90 Å². The summed E-state index contributed by atoms with van der Waals surface area (Å²) in [6.45, 7) is 9.92. The molecule has 0 bridgehead atoms. The molecule has 1 aromatic carbocycles. The van der Waals surface area contributed by atoms with Gasteiger partial charge in [0.2, 0.25) is 0 Å². The maximum absolute atomic E-state index is 12.1. The molecule has 0 spiro atoms. The molecule has 1 aliphatic rings. The molecule has 1 aromatic rings. The van der Waals surface area contributed by atoms with Crippen LogP contribution in [0.4, 0.5) is 0 Å². The van der Waals surface area contributed by atoms with Crippen LogP contribution in [-0.2, 0) is 0 Å². The minimum atomic E-state index is -0.335. The number of carbonyl (C=O) groups excluding carboxylic acids is 1. The van der Waals surface area contributed by atoms with Crippen molar-refractivity contribution in [1.29, 1.82) is 0 Å². The highest BCUT2D eigenvalue weighted by atomic mass is 16.5. The van der Waals surface area contributed by atoms with Gasteiger partial charge in [0.1, 0.15) is 12.4 Å². The summed E-state index contributed by atoms with van der Waals surface area (Å²) in [5, 5.41) is 0. The zero-order valence-electron chi connectivity index (χ0n) is 12.8. The average molecular weight is 275 g/mol. The molecule has 20 heavy (non-hydrogen) atoms. The minimum Gasteiger partial charge on any atom is -0.492 e. The maximum Gasteiger partial charge on any atom is 0.168 e. The average Bonchev–Trinajstić information content (AvgIpc) is 2.91. The van der Waals surface area contributed by atoms with Crippen LogP contribution in [0.3, 0.4) is 0 Å². The Morgan fingerprint density at radius 2 is 1.75 bits per heavy atom. The summed E-state index contributed by atoms with van der Waals surface area (Å²) in [5.41, 5.74) is 0.419. The SMILES string of the molecule is CC(C)(C)C(=O)c1ccc(OCCN2CCCC2)cc1. The van der Waals surface area contributed by atoms with E-state index in [1.807, 2.05) is 45.0 Å². The molecule has 110 valence electrons. The predicted octanol–water partition coefficient (Wildman–Crippen LogP) is 3.39. The van der Waals surface area contributed by atoms with Crippen molar-refractivity contribution >= 4 is 5.78 Å². The monoisotopic (exact) mass is 275 g/mol. The van der Waals surface area contributed by atoms with Crippen LogP contribution in [0, 0.1) is 5.41 Å². The molecule has 0 atom stereocenters. The molecule has 2 rings (SSSR count). The predicted molar refractivity (Wildman–Crippen MR) is 81.4 cm³/mol. The van der Waals surface area contributed by atoms with Gasteiger partial charge in [-0.3, -0.25) is 9.69 Å². The molecular formula is C17H25NO2. The van der Waals surface area contributed by atoms with Crippen LogP contribution >= 0.6 is 0 Å². The Balaban J connectivity index is 1.83. The smallest absolute Gasteiger partial charge is 0.168 e. The van der Waals surface area contributed by atoms with Gasteiger partial charge in [-0.1, -0.05) is 20.8 Å². The fourth-order valence-corrected chi connectivity index (χ4v) is 2.43. The zero-order valence-corrected chi connectivity index (χ0v) is 12.8. The van der Waals surface area contributed by atoms with E-state index in [0.717, 1.165) is 17.9 Å². The molecule has 3 nitrogen and oxygen atoms in total. The molecule has 0 aliphatic carbocycles. The summed E-state index contributed by atoms with van der Waals surface area (Å²) in [6, 6.07) is 7.50. The molecular weight excluding hydrogens is 250 g/mol. The van der Waals surface area contributed by atoms with E-state index in [4.69, 9.17) is 4.74 Å². The van der Waals surface area contributed by atoms with Crippen LogP contribution in [0.1, 0.15) is 44.0 Å². The second-order valence-electron chi connectivity index (χ2n) is 6.50. The van der Waals surface area contributed by atoms with E-state index in [0.29, 0.717) is 6.61 Å². The van der Waals surface area contributed by atoms with E-state index in [9.17, 15) is 4.79 Å². The van der Waals surface area contributed by atoms with E-state index in [-0.39, 0.29) is 11.2 Å². The quantitative estimate of drug-likeness (QED) is 0.771. The van der Waals surface area contributed by atoms with Crippen LogP contribution in [0.2, 0.25) is 0 Å². The van der Waals surface area contributed by atoms with Gasteiger partial charge in [0, 0.05) is 17.5 Å². The second-order valence-corrected chi connectivity index (χ2v) is 6.50. The van der Waals surface area contributed by atoms with Crippen LogP contribution < -0.4 is 4.74 Å². The molecule has 0 radical (unpaired) electrons. The number of hydrogen-bond donors (Lipinski definition) is 0. The van der Waals surface area contributed by atoms with Gasteiger partial charge in [0.05, 0.1) is 0 Å². The Morgan fingerprint density at radius 3 is 2.30 bits per heavy atom. The number of ketones is 1. The lowest BCUT2D eigenvalue weighted by Crippen LogP contribution is -2.25. The largest absolute Gasteiger partial charge is 0.492 e. The third-order valence-electron chi connectivity index (χ3n) is 3.67. The molecule has 3 heteroatoms. The molecule has 1 aliphatic heterocycles. The lowest BCUT2D eigenvalue weighted by Gasteiger charge is -2.17. The maximum atomic E-state index is 12.1. The molecule has 0 unspecified atom stereocenters. The van der Waals surface area contributed by atoms with Crippen molar-refractivity contribution in [2.75, 3.05) is 26.2 Å². The zero-order chi connectivity index (χ0) is 14.6. The highest BCUT2D eigenvalue weighted by Gasteiger charge is 2.22. The van der Waals surface area contributed by atoms with Gasteiger partial charge in [-0.25, -0.2) is 0 Å². The molecule has 1 heterocycles. The van der Waals surface area contributed by atoms with E-state index in [1.54, 1.807) is 0 Å². The van der Waals surface area contributed by atoms with Gasteiger partial charge < -0.3 is 4.74 Å². The van der Waals surface area contributed by atoms with Crippen molar-refractivity contribution in [3.8, 4) is 5.75 Å². The number of rotatable bonds is 5. The molecule has 0 amide bonds. The Bertz CT molecular complexity index is 439. The first kappa shape index (κ1) is 15.0. The number of ether oxygens (including phenoxy) is 1. The van der Waals surface area contributed by atoms with Crippen LogP contribution in [0.5, 0.6) is 5.75 Å². The first-order valence-corrected chi connectivity index (χ1v) is 7.47. The molecule has 1 fully saturated rings. The number of hydrogen-bond acceptors (Lipinski definition) is 3. The second kappa shape index (κ2) is 6.40. The van der Waals surface area contributed by atoms with Crippen LogP contribution in [0.15, 0.2) is 24.3 Å². The van der Waals surface area contributed by atoms with Gasteiger partial charge in [-0.05, 0) is 50.2 Å². The summed E-state index contributed by atoms with van der Waals surface area (Å²) < 4.78 is 5.74. The topological polar surface area (TPSA) is 29.5 Å². The molecule has 0 N–H and O–H groups in total. The van der Waals surface area contributed by atoms with Crippen molar-refractivity contribution in [3.63, 3.8) is 0 Å². The van der Waals surface area contributed by atoms with Gasteiger partial charge in [-0.15, -0.1) is 0 Å². The highest BCUT2D eigenvalue weighted by Crippen LogP contribution is 2.22. The van der Waals surface area contributed by atoms with E-state index in [2.05, 4.69) is 4.90 Å². The van der Waals surface area contributed by atoms with Crippen LogP contribution in [0.25, 0.3) is 0 Å². The molecule has 0 aromatic heterocycles. The van der Waals surface area contributed by atoms with E-state index < -0.39 is 0 Å². The Labute approximate surface area is 121 Å². The van der Waals surface area contributed by atoms with Gasteiger partial charge in [0.25, 0.3) is 0 Å². The van der Waals surface area contributed by atoms with Gasteiger partial charge in [-0.2, -0.15) is 0 Å². The number of carbonyl (C=O) groups is 1. The van der Waals surface area contributed by atoms with Crippen molar-refractivity contribution in [2.45, 2.75) is 33.6 Å². The third-order valence-corrected chi connectivity index (χ3v) is 3.67. The fraction of sp³-hybridized carbons (Fsp3) is 0.588. The third kappa shape index (κ3) is 4.07. The lowest BCUT2D eigenvalue weighted by molar-refractivity contribution is 0.0858. The fourth-order valence-electron chi connectivity index (χ4n) is 2.43. The summed E-state index contributed by atoms with van der Waals surface area (Å²) in [4.78, 5) is 14.5. The number of nitrogens with zero attached hydrogens (tertiary/aromatic N) is 1. The van der Waals surface area contributed by atoms with Crippen molar-refractivity contribution < 1.29 is 9.53 Å². The minimum absolute atomic E-state index is 0.168. The van der Waals surface area contributed by atoms with E-state index in [1.165, 1.54) is 25.9 Å². The normalized spacial score (nSPS) is 16.4. The summed E-state index contributed by atoms with van der Waals surface area (Å²) >= 11 is 0. The van der Waals surface area contributed by atoms with Crippen LogP contribution in [-0.4, -0.2) is 36.9 Å². The first-order valence-electron chi connectivity index (χ1n) is 7.47.